The van der Waals surface area contributed by atoms with Crippen LogP contribution in [0.4, 0.5) is 0 Å². The number of aryl methyl sites for hydroxylation is 1. The predicted molar refractivity (Wildman–Crippen MR) is 95.5 cm³/mol. The molecule has 1 atom stereocenters. The van der Waals surface area contributed by atoms with Gasteiger partial charge in [0.1, 0.15) is 6.04 Å². The van der Waals surface area contributed by atoms with Gasteiger partial charge in [0.25, 0.3) is 0 Å². The van der Waals surface area contributed by atoms with Crippen molar-refractivity contribution in [2.75, 3.05) is 13.2 Å². The minimum Gasteiger partial charge on any atom is -0.381 e. The van der Waals surface area contributed by atoms with Gasteiger partial charge in [-0.3, -0.25) is 9.78 Å². The van der Waals surface area contributed by atoms with Crippen LogP contribution in [0, 0.1) is 12.8 Å². The molecule has 1 N–H and O–H groups in total. The van der Waals surface area contributed by atoms with Crippen molar-refractivity contribution in [3.63, 3.8) is 0 Å². The molecule has 0 unspecified atom stereocenters. The molecule has 2 aromatic rings. The van der Waals surface area contributed by atoms with E-state index in [-0.39, 0.29) is 30.2 Å². The number of hydrogen-bond acceptors (Lipinski definition) is 6. The quantitative estimate of drug-likeness (QED) is 0.854. The molecule has 140 valence electrons. The summed E-state index contributed by atoms with van der Waals surface area (Å²) in [5.41, 5.74) is 1.81. The van der Waals surface area contributed by atoms with Crippen molar-refractivity contribution in [1.82, 2.24) is 20.4 Å². The lowest BCUT2D eigenvalue weighted by Crippen LogP contribution is -2.37. The summed E-state index contributed by atoms with van der Waals surface area (Å²) in [6, 6.07) is 3.55. The number of carbonyl (C=O) groups is 1. The van der Waals surface area contributed by atoms with Crippen LogP contribution >= 0.6 is 0 Å². The Hall–Kier alpha value is -2.28. The maximum Gasteiger partial charge on any atom is 0.249 e. The van der Waals surface area contributed by atoms with E-state index in [2.05, 4.69) is 20.4 Å². The Kier molecular flexibility index (Phi) is 5.98. The first-order valence-electron chi connectivity index (χ1n) is 9.15. The van der Waals surface area contributed by atoms with Crippen molar-refractivity contribution in [2.24, 2.45) is 5.92 Å². The SMILES string of the molecule is Cc1ccc(CC(=O)N[C@H](c2nc(C(C)C)no2)C2CCOCC2)cn1. The second-order valence-electron chi connectivity index (χ2n) is 7.13. The fourth-order valence-corrected chi connectivity index (χ4v) is 3.05. The number of amides is 1. The minimum absolute atomic E-state index is 0.0727. The summed E-state index contributed by atoms with van der Waals surface area (Å²) >= 11 is 0. The van der Waals surface area contributed by atoms with Crippen LogP contribution in [0.3, 0.4) is 0 Å². The van der Waals surface area contributed by atoms with Gasteiger partial charge in [0.15, 0.2) is 5.82 Å². The Balaban J connectivity index is 1.73. The summed E-state index contributed by atoms with van der Waals surface area (Å²) in [5, 5.41) is 7.15. The summed E-state index contributed by atoms with van der Waals surface area (Å²) in [4.78, 5) is 21.4. The summed E-state index contributed by atoms with van der Waals surface area (Å²) in [7, 11) is 0. The molecule has 7 heteroatoms. The molecule has 0 spiro atoms. The second-order valence-corrected chi connectivity index (χ2v) is 7.13. The van der Waals surface area contributed by atoms with E-state index in [1.54, 1.807) is 6.20 Å². The third kappa shape index (κ3) is 4.66. The molecular formula is C19H26N4O3. The number of nitrogens with zero attached hydrogens (tertiary/aromatic N) is 3. The highest BCUT2D eigenvalue weighted by molar-refractivity contribution is 5.78. The van der Waals surface area contributed by atoms with Gasteiger partial charge >= 0.3 is 0 Å². The normalized spacial score (nSPS) is 16.6. The Bertz CT molecular complexity index is 721. The Morgan fingerprint density at radius 3 is 2.69 bits per heavy atom. The number of rotatable bonds is 6. The molecule has 3 heterocycles. The first kappa shape index (κ1) is 18.5. The van der Waals surface area contributed by atoms with E-state index in [0.717, 1.165) is 24.1 Å². The van der Waals surface area contributed by atoms with Crippen LogP contribution in [0.1, 0.15) is 61.6 Å². The first-order chi connectivity index (χ1) is 12.5. The molecule has 0 radical (unpaired) electrons. The van der Waals surface area contributed by atoms with Gasteiger partial charge < -0.3 is 14.6 Å². The number of carbonyl (C=O) groups excluding carboxylic acids is 1. The van der Waals surface area contributed by atoms with Crippen LogP contribution in [0.5, 0.6) is 0 Å². The van der Waals surface area contributed by atoms with E-state index in [0.29, 0.717) is 24.9 Å². The van der Waals surface area contributed by atoms with Crippen molar-refractivity contribution in [3.8, 4) is 0 Å². The molecule has 3 rings (SSSR count). The highest BCUT2D eigenvalue weighted by atomic mass is 16.5. The van der Waals surface area contributed by atoms with Gasteiger partial charge in [-0.2, -0.15) is 4.98 Å². The minimum atomic E-state index is -0.287. The van der Waals surface area contributed by atoms with Crippen molar-refractivity contribution in [1.29, 1.82) is 0 Å². The van der Waals surface area contributed by atoms with Crippen molar-refractivity contribution in [2.45, 2.75) is 52.0 Å². The third-order valence-corrected chi connectivity index (χ3v) is 4.63. The molecule has 7 nitrogen and oxygen atoms in total. The first-order valence-corrected chi connectivity index (χ1v) is 9.15. The Morgan fingerprint density at radius 2 is 2.08 bits per heavy atom. The monoisotopic (exact) mass is 358 g/mol. The molecule has 2 aromatic heterocycles. The summed E-state index contributed by atoms with van der Waals surface area (Å²) in [6.45, 7) is 7.32. The summed E-state index contributed by atoms with van der Waals surface area (Å²) in [6.07, 6.45) is 3.73. The average Bonchev–Trinajstić information content (AvgIpc) is 3.12. The van der Waals surface area contributed by atoms with Crippen LogP contribution in [0.25, 0.3) is 0 Å². The van der Waals surface area contributed by atoms with Gasteiger partial charge in [0.2, 0.25) is 11.8 Å². The molecule has 26 heavy (non-hydrogen) atoms. The molecule has 1 amide bonds. The standard InChI is InChI=1S/C19H26N4O3/c1-12(2)18-22-19(26-23-18)17(15-6-8-25-9-7-15)21-16(24)10-14-5-4-13(3)20-11-14/h4-5,11-12,15,17H,6-10H2,1-3H3,(H,21,24)/t17-/m0/s1. The fourth-order valence-electron chi connectivity index (χ4n) is 3.05. The van der Waals surface area contributed by atoms with Crippen LogP contribution in [-0.4, -0.2) is 34.2 Å². The van der Waals surface area contributed by atoms with E-state index in [4.69, 9.17) is 9.26 Å². The highest BCUT2D eigenvalue weighted by Crippen LogP contribution is 2.30. The van der Waals surface area contributed by atoms with Crippen molar-refractivity contribution < 1.29 is 14.1 Å². The Labute approximate surface area is 153 Å². The topological polar surface area (TPSA) is 90.1 Å². The van der Waals surface area contributed by atoms with Gasteiger partial charge in [0.05, 0.1) is 6.42 Å². The zero-order valence-electron chi connectivity index (χ0n) is 15.6. The number of pyridine rings is 1. The predicted octanol–water partition coefficient (Wildman–Crippen LogP) is 2.72. The van der Waals surface area contributed by atoms with Crippen LogP contribution in [0.2, 0.25) is 0 Å². The largest absolute Gasteiger partial charge is 0.381 e. The smallest absolute Gasteiger partial charge is 0.249 e. The van der Waals surface area contributed by atoms with Crippen LogP contribution in [0.15, 0.2) is 22.9 Å². The number of ether oxygens (including phenoxy) is 1. The lowest BCUT2D eigenvalue weighted by Gasteiger charge is -2.28. The summed E-state index contributed by atoms with van der Waals surface area (Å²) in [5.74, 6) is 1.47. The number of aromatic nitrogens is 3. The second kappa shape index (κ2) is 8.40. The average molecular weight is 358 g/mol. The van der Waals surface area contributed by atoms with Gasteiger partial charge in [0, 0.05) is 31.0 Å². The van der Waals surface area contributed by atoms with E-state index in [9.17, 15) is 4.79 Å². The van der Waals surface area contributed by atoms with Gasteiger partial charge in [-0.25, -0.2) is 0 Å². The zero-order valence-corrected chi connectivity index (χ0v) is 15.6. The van der Waals surface area contributed by atoms with Gasteiger partial charge in [-0.15, -0.1) is 0 Å². The molecule has 1 aliphatic rings. The molecule has 0 saturated carbocycles. The maximum absolute atomic E-state index is 12.6. The van der Waals surface area contributed by atoms with E-state index in [1.165, 1.54) is 0 Å². The molecular weight excluding hydrogens is 332 g/mol. The molecule has 1 fully saturated rings. The Morgan fingerprint density at radius 1 is 1.31 bits per heavy atom. The van der Waals surface area contributed by atoms with Crippen molar-refractivity contribution >= 4 is 5.91 Å². The lowest BCUT2D eigenvalue weighted by molar-refractivity contribution is -0.122. The van der Waals surface area contributed by atoms with Crippen LogP contribution < -0.4 is 5.32 Å². The van der Waals surface area contributed by atoms with Gasteiger partial charge in [-0.1, -0.05) is 25.1 Å². The molecule has 1 aliphatic heterocycles. The number of nitrogens with one attached hydrogen (secondary N) is 1. The van der Waals surface area contributed by atoms with Gasteiger partial charge in [-0.05, 0) is 37.3 Å². The fraction of sp³-hybridized carbons (Fsp3) is 0.579. The highest BCUT2D eigenvalue weighted by Gasteiger charge is 2.31. The van der Waals surface area contributed by atoms with Crippen LogP contribution in [-0.2, 0) is 16.0 Å². The molecule has 1 saturated heterocycles. The maximum atomic E-state index is 12.6. The molecule has 0 bridgehead atoms. The van der Waals surface area contributed by atoms with Crippen molar-refractivity contribution in [3.05, 3.63) is 41.3 Å². The molecule has 0 aromatic carbocycles. The lowest BCUT2D eigenvalue weighted by atomic mass is 9.91. The number of hydrogen-bond donors (Lipinski definition) is 1. The van der Waals surface area contributed by atoms with E-state index < -0.39 is 0 Å². The van der Waals surface area contributed by atoms with E-state index >= 15 is 0 Å². The third-order valence-electron chi connectivity index (χ3n) is 4.63. The van der Waals surface area contributed by atoms with E-state index in [1.807, 2.05) is 32.9 Å². The summed E-state index contributed by atoms with van der Waals surface area (Å²) < 4.78 is 10.9. The molecule has 0 aliphatic carbocycles. The zero-order chi connectivity index (χ0) is 18.5.